The Morgan fingerprint density at radius 1 is 0.951 bits per heavy atom. The van der Waals surface area contributed by atoms with Gasteiger partial charge in [-0.3, -0.25) is 13.4 Å². The zero-order valence-corrected chi connectivity index (χ0v) is 28.7. The Labute approximate surface area is 257 Å². The first kappa shape index (κ1) is 47.4. The molecular weight excluding hydrogens is 664 g/mol. The second-order valence-corrected chi connectivity index (χ2v) is 14.5. The summed E-state index contributed by atoms with van der Waals surface area (Å²) in [5.74, 6) is -0.645. The van der Waals surface area contributed by atoms with Gasteiger partial charge < -0.3 is 24.0 Å². The monoisotopic (exact) mass is 708 g/mol. The van der Waals surface area contributed by atoms with Crippen LogP contribution < -0.4 is 4.52 Å². The Balaban J connectivity index is -0.000000270. The van der Waals surface area contributed by atoms with Crippen LogP contribution >= 0.6 is 46.0 Å². The number of ether oxygens (including phenoxy) is 2. The van der Waals surface area contributed by atoms with Crippen molar-refractivity contribution in [2.45, 2.75) is 74.0 Å². The van der Waals surface area contributed by atoms with E-state index in [9.17, 15) is 18.7 Å². The van der Waals surface area contributed by atoms with E-state index < -0.39 is 48.6 Å². The van der Waals surface area contributed by atoms with Crippen LogP contribution in [-0.2, 0) is 46.3 Å². The molecule has 0 saturated heterocycles. The van der Waals surface area contributed by atoms with Gasteiger partial charge >= 0.3 is 27.1 Å². The van der Waals surface area contributed by atoms with E-state index in [2.05, 4.69) is 30.4 Å². The summed E-state index contributed by atoms with van der Waals surface area (Å²) in [6, 6.07) is 8.78. The number of hydrogen-bond donors (Lipinski definition) is 2. The highest BCUT2D eigenvalue weighted by Crippen LogP contribution is 2.50. The van der Waals surface area contributed by atoms with Gasteiger partial charge in [0.05, 0.1) is 19.4 Å². The number of benzene rings is 1. The molecule has 0 aromatic heterocycles. The van der Waals surface area contributed by atoms with Crippen molar-refractivity contribution < 1.29 is 55.8 Å². The average molecular weight is 709 g/mol. The lowest BCUT2D eigenvalue weighted by atomic mass is 10.3. The van der Waals surface area contributed by atoms with Crippen LogP contribution in [0.3, 0.4) is 0 Å². The van der Waals surface area contributed by atoms with Crippen LogP contribution in [0.5, 0.6) is 5.75 Å². The van der Waals surface area contributed by atoms with Crippen molar-refractivity contribution in [1.82, 2.24) is 0 Å². The molecule has 0 bridgehead atoms. The van der Waals surface area contributed by atoms with Gasteiger partial charge in [0.25, 0.3) is 0 Å². The van der Waals surface area contributed by atoms with Crippen molar-refractivity contribution in [2.24, 2.45) is 0 Å². The number of rotatable bonds is 13. The number of hydrogen-bond acceptors (Lipinski definition) is 11. The molecule has 0 amide bonds. The van der Waals surface area contributed by atoms with E-state index in [0.29, 0.717) is 25.2 Å². The van der Waals surface area contributed by atoms with E-state index in [0.717, 1.165) is 0 Å². The van der Waals surface area contributed by atoms with Crippen molar-refractivity contribution in [3.63, 3.8) is 0 Å². The molecule has 0 heterocycles. The summed E-state index contributed by atoms with van der Waals surface area (Å²) in [6.45, 7) is 10.6. The molecule has 1 aromatic rings. The van der Waals surface area contributed by atoms with Gasteiger partial charge in [0, 0.05) is 37.0 Å². The Morgan fingerprint density at radius 3 is 1.71 bits per heavy atom. The standard InChI is InChI=1S/C14H21O5P.C5H10O3.C3H10O3P2.CH4.Cl2OS/c1-4-11-20(16,18-12(3)14(15)17-5-2)19-13-9-7-6-8-10-13;1-3-8-5(7)4(2)6;1-2-3-8(4,5)6-7;;1-4(2)3/h6-10,12H,4-5,11H2,1-3H3;4,6H,3H2,1-2H3;2-3,7H2,1H3,(H,4,5);1H4;/t12-,20?;4-;;;/m10.../s1. The molecule has 0 aliphatic heterocycles. The van der Waals surface area contributed by atoms with Gasteiger partial charge in [-0.2, -0.15) is 0 Å². The van der Waals surface area contributed by atoms with E-state index in [1.807, 2.05) is 19.9 Å². The molecule has 1 rings (SSSR count). The molecule has 244 valence electrons. The first-order chi connectivity index (χ1) is 18.5. The number of aliphatic hydroxyl groups is 1. The third-order valence-corrected chi connectivity index (χ3v) is 8.17. The van der Waals surface area contributed by atoms with Crippen LogP contribution in [0.2, 0.25) is 0 Å². The molecule has 0 radical (unpaired) electrons. The van der Waals surface area contributed by atoms with E-state index in [4.69, 9.17) is 28.0 Å². The maximum Gasteiger partial charge on any atom is 0.379 e. The molecule has 18 heteroatoms. The van der Waals surface area contributed by atoms with Crippen molar-refractivity contribution in [3.05, 3.63) is 30.3 Å². The molecule has 3 unspecified atom stereocenters. The summed E-state index contributed by atoms with van der Waals surface area (Å²) >= 11 is 0. The predicted molar refractivity (Wildman–Crippen MR) is 168 cm³/mol. The fourth-order valence-electron chi connectivity index (χ4n) is 2.18. The first-order valence-corrected chi connectivity index (χ1v) is 18.8. The fourth-order valence-corrected chi connectivity index (χ4v) is 4.96. The molecule has 0 fully saturated rings. The molecule has 0 spiro atoms. The summed E-state index contributed by atoms with van der Waals surface area (Å²) in [5.41, 5.74) is 0. The summed E-state index contributed by atoms with van der Waals surface area (Å²) in [7, 11) is 2.56. The van der Waals surface area contributed by atoms with Gasteiger partial charge in [0.15, 0.2) is 6.10 Å². The fraction of sp³-hybridized carbons (Fsp3) is 0.652. The molecule has 5 atom stereocenters. The van der Waals surface area contributed by atoms with Gasteiger partial charge in [0.1, 0.15) is 11.9 Å². The molecule has 0 saturated carbocycles. The summed E-state index contributed by atoms with van der Waals surface area (Å²) in [6.07, 6.45) is -0.143. The third kappa shape index (κ3) is 30.7. The Hall–Kier alpha value is -0.580. The zero-order valence-electron chi connectivity index (χ0n) is 23.4. The van der Waals surface area contributed by atoms with Crippen molar-refractivity contribution in [3.8, 4) is 5.75 Å². The van der Waals surface area contributed by atoms with E-state index >= 15 is 0 Å². The second-order valence-electron chi connectivity index (χ2n) is 7.32. The number of carbonyl (C=O) groups excluding carboxylic acids is 2. The van der Waals surface area contributed by atoms with Gasteiger partial charge in [-0.15, -0.1) is 0 Å². The first-order valence-electron chi connectivity index (χ1n) is 12.0. The topological polar surface area (TPSA) is 172 Å². The van der Waals surface area contributed by atoms with Crippen LogP contribution in [0.15, 0.2) is 30.3 Å². The number of aliphatic hydroxyl groups excluding tert-OH is 1. The predicted octanol–water partition coefficient (Wildman–Crippen LogP) is 6.63. The SMILES string of the molecule is C.CCCP(=O)(O)OP.CCCP(=O)(Oc1ccccc1)O[C@H](C)C(=O)OCC.CCOC(=O)[C@H](C)O.O=S(Cl)Cl. The number of esters is 2. The average Bonchev–Trinajstić information content (AvgIpc) is 2.85. The lowest BCUT2D eigenvalue weighted by molar-refractivity contribution is -0.152. The highest BCUT2D eigenvalue weighted by Gasteiger charge is 2.31. The number of halogens is 2. The molecule has 0 aliphatic rings. The Kier molecular flexibility index (Phi) is 32.6. The van der Waals surface area contributed by atoms with E-state index in [1.165, 1.54) is 13.8 Å². The Morgan fingerprint density at radius 2 is 1.39 bits per heavy atom. The molecular formula is C23H45Cl2O12P3S. The smallest absolute Gasteiger partial charge is 0.379 e. The van der Waals surface area contributed by atoms with Gasteiger partial charge in [-0.25, -0.2) is 18.4 Å². The molecule has 0 aliphatic carbocycles. The van der Waals surface area contributed by atoms with Crippen LogP contribution in [-0.4, -0.2) is 63.9 Å². The van der Waals surface area contributed by atoms with Crippen molar-refractivity contribution in [1.29, 1.82) is 0 Å². The van der Waals surface area contributed by atoms with Crippen LogP contribution in [0, 0.1) is 0 Å². The summed E-state index contributed by atoms with van der Waals surface area (Å²) in [4.78, 5) is 30.5. The summed E-state index contributed by atoms with van der Waals surface area (Å²) < 4.78 is 56.5. The lowest BCUT2D eigenvalue weighted by Gasteiger charge is -2.21. The van der Waals surface area contributed by atoms with Crippen molar-refractivity contribution in [2.75, 3.05) is 25.5 Å². The van der Waals surface area contributed by atoms with Gasteiger partial charge in [-0.05, 0) is 52.7 Å². The van der Waals surface area contributed by atoms with E-state index in [1.54, 1.807) is 47.6 Å². The zero-order chi connectivity index (χ0) is 31.8. The van der Waals surface area contributed by atoms with Crippen LogP contribution in [0.25, 0.3) is 0 Å². The largest absolute Gasteiger partial charge is 0.464 e. The minimum atomic E-state index is -3.38. The summed E-state index contributed by atoms with van der Waals surface area (Å²) in [5, 5.41) is 8.48. The van der Waals surface area contributed by atoms with Crippen molar-refractivity contribution >= 4 is 67.2 Å². The molecule has 12 nitrogen and oxygen atoms in total. The maximum absolute atomic E-state index is 12.6. The highest BCUT2D eigenvalue weighted by molar-refractivity contribution is 8.26. The number of carbonyl (C=O) groups is 2. The van der Waals surface area contributed by atoms with Crippen LogP contribution in [0.1, 0.15) is 61.8 Å². The minimum absolute atomic E-state index is 0. The Bertz CT molecular complexity index is 922. The number of para-hydroxylation sites is 1. The lowest BCUT2D eigenvalue weighted by Crippen LogP contribution is -2.23. The molecule has 41 heavy (non-hydrogen) atoms. The normalized spacial score (nSPS) is 14.2. The van der Waals surface area contributed by atoms with Gasteiger partial charge in [-0.1, -0.05) is 39.5 Å². The quantitative estimate of drug-likeness (QED) is 0.127. The minimum Gasteiger partial charge on any atom is -0.464 e. The van der Waals surface area contributed by atoms with E-state index in [-0.39, 0.29) is 26.4 Å². The maximum atomic E-state index is 12.6. The highest BCUT2D eigenvalue weighted by atomic mass is 36.0. The third-order valence-electron chi connectivity index (χ3n) is 3.72. The molecule has 2 N–H and O–H groups in total. The van der Waals surface area contributed by atoms with Crippen LogP contribution in [0.4, 0.5) is 0 Å². The molecule has 1 aromatic carbocycles. The second kappa shape index (κ2) is 28.2. The van der Waals surface area contributed by atoms with Gasteiger partial charge in [0.2, 0.25) is 9.23 Å².